The number of para-hydroxylation sites is 1. The van der Waals surface area contributed by atoms with Crippen molar-refractivity contribution in [3.63, 3.8) is 0 Å². The van der Waals surface area contributed by atoms with Crippen LogP contribution >= 0.6 is 0 Å². The van der Waals surface area contributed by atoms with Crippen LogP contribution in [0.3, 0.4) is 0 Å². The molecule has 0 aliphatic carbocycles. The van der Waals surface area contributed by atoms with E-state index in [-0.39, 0.29) is 11.5 Å². The highest BCUT2D eigenvalue weighted by atomic mass is 16.5. The number of ether oxygens (including phenoxy) is 1. The summed E-state index contributed by atoms with van der Waals surface area (Å²) < 4.78 is 5.67. The number of phenolic OH excluding ortho intramolecular Hbond substituents is 1. The Hall–Kier alpha value is -1.85. The highest BCUT2D eigenvalue weighted by molar-refractivity contribution is 5.31. The Balaban J connectivity index is 1.82. The van der Waals surface area contributed by atoms with Gasteiger partial charge in [-0.15, -0.1) is 0 Å². The predicted octanol–water partition coefficient (Wildman–Crippen LogP) is 2.99. The smallest absolute Gasteiger partial charge is 0.126 e. The fourth-order valence-corrected chi connectivity index (χ4v) is 2.83. The van der Waals surface area contributed by atoms with Crippen molar-refractivity contribution in [2.75, 3.05) is 19.8 Å². The average Bonchev–Trinajstić information content (AvgIpc) is 3.00. The van der Waals surface area contributed by atoms with Crippen LogP contribution in [-0.2, 0) is 16.7 Å². The lowest BCUT2D eigenvalue weighted by molar-refractivity contribution is -0.0159. The van der Waals surface area contributed by atoms with E-state index in [0.29, 0.717) is 25.5 Å². The highest BCUT2D eigenvalue weighted by Crippen LogP contribution is 2.28. The number of aromatic hydroxyl groups is 1. The maximum absolute atomic E-state index is 10.0. The van der Waals surface area contributed by atoms with Crippen LogP contribution in [0.4, 0.5) is 0 Å². The first-order chi connectivity index (χ1) is 10.9. The van der Waals surface area contributed by atoms with Crippen LogP contribution in [0.5, 0.6) is 5.75 Å². The monoisotopic (exact) mass is 315 g/mol. The summed E-state index contributed by atoms with van der Waals surface area (Å²) in [5, 5.41) is 10.0. The molecule has 5 heteroatoms. The first-order valence-corrected chi connectivity index (χ1v) is 8.09. The van der Waals surface area contributed by atoms with Gasteiger partial charge in [-0.1, -0.05) is 39.0 Å². The molecule has 2 heterocycles. The zero-order valence-electron chi connectivity index (χ0n) is 14.0. The molecule has 0 unspecified atom stereocenters. The van der Waals surface area contributed by atoms with Crippen molar-refractivity contribution in [1.82, 2.24) is 14.9 Å². The topological polar surface area (TPSA) is 61.4 Å². The molecular formula is C18H25N3O2. The summed E-state index contributed by atoms with van der Waals surface area (Å²) in [6, 6.07) is 7.58. The van der Waals surface area contributed by atoms with E-state index in [1.54, 1.807) is 6.07 Å². The number of hydrogen-bond acceptors (Lipinski definition) is 4. The normalized spacial score (nSPS) is 19.9. The Morgan fingerprint density at radius 1 is 1.35 bits per heavy atom. The predicted molar refractivity (Wildman–Crippen MR) is 89.4 cm³/mol. The lowest BCUT2D eigenvalue weighted by Gasteiger charge is -2.34. The molecule has 2 aromatic rings. The zero-order chi connectivity index (χ0) is 16.4. The zero-order valence-corrected chi connectivity index (χ0v) is 14.0. The van der Waals surface area contributed by atoms with Crippen molar-refractivity contribution < 1.29 is 9.84 Å². The lowest BCUT2D eigenvalue weighted by Crippen LogP contribution is -2.39. The molecule has 0 spiro atoms. The molecule has 1 aromatic carbocycles. The number of morpholine rings is 1. The van der Waals surface area contributed by atoms with Crippen LogP contribution in [0.15, 0.2) is 30.5 Å². The van der Waals surface area contributed by atoms with Gasteiger partial charge in [-0.2, -0.15) is 0 Å². The first-order valence-electron chi connectivity index (χ1n) is 8.09. The SMILES string of the molecule is CC(C)(C)c1cnc([C@@H]2COCCN2Cc2ccccc2O)[nH]1. The second kappa shape index (κ2) is 6.34. The highest BCUT2D eigenvalue weighted by Gasteiger charge is 2.28. The average molecular weight is 315 g/mol. The molecule has 5 nitrogen and oxygen atoms in total. The van der Waals surface area contributed by atoms with Gasteiger partial charge in [0, 0.05) is 36.0 Å². The largest absolute Gasteiger partial charge is 0.508 e. The fraction of sp³-hybridized carbons (Fsp3) is 0.500. The van der Waals surface area contributed by atoms with Crippen molar-refractivity contribution in [3.05, 3.63) is 47.5 Å². The summed E-state index contributed by atoms with van der Waals surface area (Å²) in [5.41, 5.74) is 2.10. The number of H-pyrrole nitrogens is 1. The number of phenols is 1. The summed E-state index contributed by atoms with van der Waals surface area (Å²) in [7, 11) is 0. The van der Waals surface area contributed by atoms with Gasteiger partial charge in [-0.3, -0.25) is 4.90 Å². The van der Waals surface area contributed by atoms with E-state index in [4.69, 9.17) is 4.74 Å². The van der Waals surface area contributed by atoms with Gasteiger partial charge in [0.05, 0.1) is 19.3 Å². The molecule has 23 heavy (non-hydrogen) atoms. The van der Waals surface area contributed by atoms with Crippen LogP contribution < -0.4 is 0 Å². The number of nitrogens with one attached hydrogen (secondary N) is 1. The lowest BCUT2D eigenvalue weighted by atomic mass is 9.93. The summed E-state index contributed by atoms with van der Waals surface area (Å²) in [5.74, 6) is 1.28. The molecule has 1 aromatic heterocycles. The minimum Gasteiger partial charge on any atom is -0.508 e. The van der Waals surface area contributed by atoms with Crippen molar-refractivity contribution in [2.45, 2.75) is 38.8 Å². The number of hydrogen-bond donors (Lipinski definition) is 2. The van der Waals surface area contributed by atoms with Gasteiger partial charge >= 0.3 is 0 Å². The Morgan fingerprint density at radius 2 is 2.13 bits per heavy atom. The number of benzene rings is 1. The molecule has 1 atom stereocenters. The van der Waals surface area contributed by atoms with E-state index in [0.717, 1.165) is 23.6 Å². The van der Waals surface area contributed by atoms with E-state index < -0.39 is 0 Å². The fourth-order valence-electron chi connectivity index (χ4n) is 2.83. The molecular weight excluding hydrogens is 290 g/mol. The van der Waals surface area contributed by atoms with Gasteiger partial charge in [0.1, 0.15) is 11.6 Å². The molecule has 1 fully saturated rings. The van der Waals surface area contributed by atoms with Gasteiger partial charge in [0.2, 0.25) is 0 Å². The number of imidazole rings is 1. The Labute approximate surface area is 137 Å². The molecule has 1 aliphatic heterocycles. The van der Waals surface area contributed by atoms with E-state index >= 15 is 0 Å². The maximum Gasteiger partial charge on any atom is 0.126 e. The molecule has 2 N–H and O–H groups in total. The van der Waals surface area contributed by atoms with Crippen LogP contribution in [0.25, 0.3) is 0 Å². The molecule has 1 saturated heterocycles. The second-order valence-corrected chi connectivity index (χ2v) is 7.12. The van der Waals surface area contributed by atoms with Gasteiger partial charge in [0.15, 0.2) is 0 Å². The summed E-state index contributed by atoms with van der Waals surface area (Å²) in [6.45, 7) is 9.34. The third kappa shape index (κ3) is 3.57. The van der Waals surface area contributed by atoms with Crippen LogP contribution in [0.1, 0.15) is 43.9 Å². The van der Waals surface area contributed by atoms with Gasteiger partial charge in [-0.25, -0.2) is 4.98 Å². The number of rotatable bonds is 3. The maximum atomic E-state index is 10.0. The van der Waals surface area contributed by atoms with Crippen molar-refractivity contribution in [2.24, 2.45) is 0 Å². The molecule has 0 amide bonds. The first kappa shape index (κ1) is 16.0. The molecule has 0 bridgehead atoms. The molecule has 0 radical (unpaired) electrons. The van der Waals surface area contributed by atoms with E-state index in [1.165, 1.54) is 0 Å². The van der Waals surface area contributed by atoms with Gasteiger partial charge in [0.25, 0.3) is 0 Å². The molecule has 0 saturated carbocycles. The second-order valence-electron chi connectivity index (χ2n) is 7.12. The van der Waals surface area contributed by atoms with Crippen molar-refractivity contribution in [1.29, 1.82) is 0 Å². The van der Waals surface area contributed by atoms with Gasteiger partial charge < -0.3 is 14.8 Å². The van der Waals surface area contributed by atoms with Crippen molar-refractivity contribution in [3.8, 4) is 5.75 Å². The minimum atomic E-state index is 0.0449. The number of aromatic nitrogens is 2. The quantitative estimate of drug-likeness (QED) is 0.914. The van der Waals surface area contributed by atoms with Crippen LogP contribution in [0.2, 0.25) is 0 Å². The molecule has 3 rings (SSSR count). The van der Waals surface area contributed by atoms with E-state index in [1.807, 2.05) is 24.4 Å². The number of nitrogens with zero attached hydrogens (tertiary/aromatic N) is 2. The summed E-state index contributed by atoms with van der Waals surface area (Å²) in [6.07, 6.45) is 1.92. The standard InChI is InChI=1S/C18H25N3O2/c1-18(2,3)16-10-19-17(20-16)14-12-23-9-8-21(14)11-13-6-4-5-7-15(13)22/h4-7,10,14,22H,8-9,11-12H2,1-3H3,(H,19,20)/t14-/m0/s1. The van der Waals surface area contributed by atoms with Crippen LogP contribution in [0, 0.1) is 0 Å². The Bertz CT molecular complexity index is 660. The molecule has 124 valence electrons. The van der Waals surface area contributed by atoms with E-state index in [2.05, 4.69) is 35.6 Å². The third-order valence-electron chi connectivity index (χ3n) is 4.32. The van der Waals surface area contributed by atoms with E-state index in [9.17, 15) is 5.11 Å². The molecule has 1 aliphatic rings. The minimum absolute atomic E-state index is 0.0449. The number of aromatic amines is 1. The summed E-state index contributed by atoms with van der Waals surface area (Å²) in [4.78, 5) is 10.3. The van der Waals surface area contributed by atoms with Crippen molar-refractivity contribution >= 4 is 0 Å². The Kier molecular flexibility index (Phi) is 4.41. The third-order valence-corrected chi connectivity index (χ3v) is 4.32. The Morgan fingerprint density at radius 3 is 2.83 bits per heavy atom. The summed E-state index contributed by atoms with van der Waals surface area (Å²) >= 11 is 0. The van der Waals surface area contributed by atoms with Gasteiger partial charge in [-0.05, 0) is 6.07 Å². The van der Waals surface area contributed by atoms with Crippen LogP contribution in [-0.4, -0.2) is 39.7 Å².